The van der Waals surface area contributed by atoms with Gasteiger partial charge < -0.3 is 5.32 Å². The SMILES string of the molecule is N#Cc1ccc(NC2c3c(cccc3C3C=CC(c4cccc5c4-c4ccccc4C5)=C3)-c3cc(-c4cccc5c4-c4ccccc4C5)ccc3C2c2ccc(C#N)cc2)cc1. The van der Waals surface area contributed by atoms with Gasteiger partial charge in [0, 0.05) is 17.5 Å². The second-order valence-corrected chi connectivity index (χ2v) is 17.0. The summed E-state index contributed by atoms with van der Waals surface area (Å²) in [6.07, 6.45) is 9.06. The number of anilines is 1. The minimum Gasteiger partial charge on any atom is -0.377 e. The van der Waals surface area contributed by atoms with E-state index in [2.05, 4.69) is 169 Å². The summed E-state index contributed by atoms with van der Waals surface area (Å²) in [6.45, 7) is 0. The first kappa shape index (κ1) is 35.9. The lowest BCUT2D eigenvalue weighted by Crippen LogP contribution is -2.27. The van der Waals surface area contributed by atoms with Gasteiger partial charge in [0.1, 0.15) is 0 Å². The number of allylic oxidation sites excluding steroid dienone is 4. The average molecular weight is 790 g/mol. The Labute approximate surface area is 362 Å². The van der Waals surface area contributed by atoms with Crippen LogP contribution in [-0.4, -0.2) is 0 Å². The molecule has 0 aliphatic heterocycles. The molecule has 8 aromatic rings. The maximum atomic E-state index is 9.85. The van der Waals surface area contributed by atoms with Crippen molar-refractivity contribution >= 4 is 11.3 Å². The van der Waals surface area contributed by atoms with E-state index in [1.54, 1.807) is 0 Å². The number of rotatable bonds is 6. The molecule has 3 heteroatoms. The van der Waals surface area contributed by atoms with E-state index in [0.717, 1.165) is 24.1 Å². The van der Waals surface area contributed by atoms with Gasteiger partial charge in [-0.25, -0.2) is 0 Å². The second-order valence-electron chi connectivity index (χ2n) is 17.0. The summed E-state index contributed by atoms with van der Waals surface area (Å²) in [5.41, 5.74) is 25.4. The van der Waals surface area contributed by atoms with Gasteiger partial charge in [0.15, 0.2) is 0 Å². The third-order valence-electron chi connectivity index (χ3n) is 13.7. The van der Waals surface area contributed by atoms with Crippen LogP contribution in [0.15, 0.2) is 188 Å². The number of nitrogens with zero attached hydrogens (tertiary/aromatic N) is 2. The van der Waals surface area contributed by atoms with Crippen molar-refractivity contribution < 1.29 is 0 Å². The molecule has 0 saturated carbocycles. The minimum absolute atomic E-state index is 0.0398. The third kappa shape index (κ3) is 5.71. The molecule has 1 N–H and O–H groups in total. The standard InChI is InChI=1S/C59H39N3/c60-34-36-18-22-38(23-19-36)57-53-29-26-43(50-15-6-11-45-32-40-9-2-4-13-48(40)56(45)50)33-54(53)52-17-7-16-51(58(52)59(57)62-46-27-20-37(35-61)21-28-46)42-25-24-41(30-42)49-14-5-10-44-31-39-8-1-3-12-47(39)55(44)49/h1-30,33,42,57,59,62H,31-32H2. The predicted molar refractivity (Wildman–Crippen MR) is 251 cm³/mol. The van der Waals surface area contributed by atoms with E-state index in [-0.39, 0.29) is 17.9 Å². The van der Waals surface area contributed by atoms with Crippen molar-refractivity contribution in [3.8, 4) is 56.6 Å². The van der Waals surface area contributed by atoms with Crippen molar-refractivity contribution in [3.05, 3.63) is 249 Å². The highest BCUT2D eigenvalue weighted by molar-refractivity contribution is 5.94. The summed E-state index contributed by atoms with van der Waals surface area (Å²) in [5.74, 6) is -0.0565. The van der Waals surface area contributed by atoms with Gasteiger partial charge in [-0.1, -0.05) is 146 Å². The fraction of sp³-hybridized carbons (Fsp3) is 0.0847. The van der Waals surface area contributed by atoms with E-state index in [1.165, 1.54) is 94.6 Å². The second kappa shape index (κ2) is 14.3. The smallest absolute Gasteiger partial charge is 0.0991 e. The Kier molecular flexibility index (Phi) is 8.31. The van der Waals surface area contributed by atoms with Crippen molar-refractivity contribution in [1.82, 2.24) is 0 Å². The molecular formula is C59H39N3. The topological polar surface area (TPSA) is 59.6 Å². The van der Waals surface area contributed by atoms with Gasteiger partial charge in [0.25, 0.3) is 0 Å². The lowest BCUT2D eigenvalue weighted by atomic mass is 9.69. The Morgan fingerprint density at radius 3 is 1.76 bits per heavy atom. The number of hydrogen-bond acceptors (Lipinski definition) is 3. The Morgan fingerprint density at radius 1 is 0.484 bits per heavy atom. The quantitative estimate of drug-likeness (QED) is 0.182. The molecule has 0 amide bonds. The number of nitrogens with one attached hydrogen (secondary N) is 1. The van der Waals surface area contributed by atoms with Crippen LogP contribution in [0.3, 0.4) is 0 Å². The van der Waals surface area contributed by atoms with Crippen LogP contribution in [-0.2, 0) is 12.8 Å². The summed E-state index contributed by atoms with van der Waals surface area (Å²) in [5, 5.41) is 23.6. The fourth-order valence-corrected chi connectivity index (χ4v) is 10.9. The van der Waals surface area contributed by atoms with Gasteiger partial charge in [0.05, 0.1) is 29.3 Å². The molecule has 0 heterocycles. The van der Waals surface area contributed by atoms with Crippen LogP contribution in [0.1, 0.15) is 79.1 Å². The van der Waals surface area contributed by atoms with Crippen LogP contribution in [0.5, 0.6) is 0 Å². The zero-order valence-corrected chi connectivity index (χ0v) is 33.9. The maximum absolute atomic E-state index is 9.85. The normalized spacial score (nSPS) is 17.1. The van der Waals surface area contributed by atoms with Crippen LogP contribution in [0, 0.1) is 22.7 Å². The van der Waals surface area contributed by atoms with Gasteiger partial charge in [-0.05, 0) is 155 Å². The molecule has 0 saturated heterocycles. The molecule has 8 aromatic carbocycles. The van der Waals surface area contributed by atoms with E-state index in [4.69, 9.17) is 0 Å². The van der Waals surface area contributed by atoms with Gasteiger partial charge in [0.2, 0.25) is 0 Å². The van der Waals surface area contributed by atoms with Crippen LogP contribution >= 0.6 is 0 Å². The number of hydrogen-bond donors (Lipinski definition) is 1. The fourth-order valence-electron chi connectivity index (χ4n) is 10.9. The molecule has 4 aliphatic carbocycles. The first-order valence-corrected chi connectivity index (χ1v) is 21.5. The number of fused-ring (bicyclic) bond motifs is 9. The van der Waals surface area contributed by atoms with Crippen LogP contribution < -0.4 is 5.32 Å². The minimum atomic E-state index is -0.174. The van der Waals surface area contributed by atoms with E-state index in [1.807, 2.05) is 36.4 Å². The van der Waals surface area contributed by atoms with Gasteiger partial charge in [-0.2, -0.15) is 10.5 Å². The van der Waals surface area contributed by atoms with E-state index < -0.39 is 0 Å². The van der Waals surface area contributed by atoms with Gasteiger partial charge in [-0.15, -0.1) is 0 Å². The van der Waals surface area contributed by atoms with Gasteiger partial charge in [-0.3, -0.25) is 0 Å². The molecule has 290 valence electrons. The summed E-state index contributed by atoms with van der Waals surface area (Å²) >= 11 is 0. The Hall–Kier alpha value is -7.98. The predicted octanol–water partition coefficient (Wildman–Crippen LogP) is 13.9. The summed E-state index contributed by atoms with van der Waals surface area (Å²) in [6, 6.07) is 65.5. The first-order chi connectivity index (χ1) is 30.6. The Bertz CT molecular complexity index is 3300. The Balaban J connectivity index is 1.06. The van der Waals surface area contributed by atoms with E-state index in [9.17, 15) is 10.5 Å². The molecule has 0 bridgehead atoms. The zero-order chi connectivity index (χ0) is 41.3. The maximum Gasteiger partial charge on any atom is 0.0991 e. The molecule has 0 spiro atoms. The van der Waals surface area contributed by atoms with Crippen molar-refractivity contribution in [2.45, 2.75) is 30.7 Å². The molecule has 62 heavy (non-hydrogen) atoms. The molecule has 0 radical (unpaired) electrons. The highest BCUT2D eigenvalue weighted by Gasteiger charge is 2.38. The molecule has 3 unspecified atom stereocenters. The third-order valence-corrected chi connectivity index (χ3v) is 13.7. The van der Waals surface area contributed by atoms with Crippen molar-refractivity contribution in [3.63, 3.8) is 0 Å². The van der Waals surface area contributed by atoms with Crippen molar-refractivity contribution in [2.24, 2.45) is 0 Å². The molecule has 3 atom stereocenters. The average Bonchev–Trinajstić information content (AvgIpc) is 4.08. The molecule has 0 fully saturated rings. The molecule has 4 aliphatic rings. The summed E-state index contributed by atoms with van der Waals surface area (Å²) in [4.78, 5) is 0. The summed E-state index contributed by atoms with van der Waals surface area (Å²) < 4.78 is 0. The zero-order valence-electron chi connectivity index (χ0n) is 33.9. The monoisotopic (exact) mass is 789 g/mol. The van der Waals surface area contributed by atoms with Crippen molar-refractivity contribution in [2.75, 3.05) is 5.32 Å². The van der Waals surface area contributed by atoms with Crippen LogP contribution in [0.2, 0.25) is 0 Å². The summed E-state index contributed by atoms with van der Waals surface area (Å²) in [7, 11) is 0. The van der Waals surface area contributed by atoms with Gasteiger partial charge >= 0.3 is 0 Å². The number of nitriles is 2. The molecule has 12 rings (SSSR count). The first-order valence-electron chi connectivity index (χ1n) is 21.5. The molecule has 0 aromatic heterocycles. The largest absolute Gasteiger partial charge is 0.377 e. The van der Waals surface area contributed by atoms with E-state index in [0.29, 0.717) is 11.1 Å². The van der Waals surface area contributed by atoms with E-state index >= 15 is 0 Å². The van der Waals surface area contributed by atoms with Crippen LogP contribution in [0.4, 0.5) is 5.69 Å². The van der Waals surface area contributed by atoms with Crippen LogP contribution in [0.25, 0.3) is 50.1 Å². The lowest BCUT2D eigenvalue weighted by molar-refractivity contribution is 0.655. The van der Waals surface area contributed by atoms with Crippen molar-refractivity contribution in [1.29, 1.82) is 10.5 Å². The lowest BCUT2D eigenvalue weighted by Gasteiger charge is -2.39. The molecular weight excluding hydrogens is 751 g/mol. The number of benzene rings is 8. The highest BCUT2D eigenvalue weighted by Crippen LogP contribution is 2.55. The molecule has 3 nitrogen and oxygen atoms in total. The highest BCUT2D eigenvalue weighted by atomic mass is 14.9. The Morgan fingerprint density at radius 2 is 1.06 bits per heavy atom.